The van der Waals surface area contributed by atoms with Gasteiger partial charge in [0.15, 0.2) is 5.78 Å². The van der Waals surface area contributed by atoms with Gasteiger partial charge in [0, 0.05) is 16.3 Å². The highest BCUT2D eigenvalue weighted by Crippen LogP contribution is 2.21. The zero-order valence-corrected chi connectivity index (χ0v) is 9.02. The van der Waals surface area contributed by atoms with Crippen LogP contribution in [0.2, 0.25) is 0 Å². The number of carboxylic acid groups (broad SMARTS) is 1. The van der Waals surface area contributed by atoms with Gasteiger partial charge >= 0.3 is 5.97 Å². The number of thiophene rings is 1. The van der Waals surface area contributed by atoms with Crippen molar-refractivity contribution in [1.29, 1.82) is 0 Å². The largest absolute Gasteiger partial charge is 0.481 e. The molecule has 3 nitrogen and oxygen atoms in total. The van der Waals surface area contributed by atoms with E-state index in [1.807, 2.05) is 0 Å². The standard InChI is InChI=1S/C8H7BrO3S/c9-5-3-7(13-4-5)6(10)1-2-8(11)12/h3-4H,1-2H2,(H,11,12). The fraction of sp³-hybridized carbons (Fsp3) is 0.250. The van der Waals surface area contributed by atoms with Gasteiger partial charge in [-0.2, -0.15) is 0 Å². The Kier molecular flexibility index (Phi) is 3.62. The zero-order valence-electron chi connectivity index (χ0n) is 6.62. The van der Waals surface area contributed by atoms with Gasteiger partial charge in [-0.05, 0) is 22.0 Å². The molecule has 0 aliphatic heterocycles. The topological polar surface area (TPSA) is 54.4 Å². The van der Waals surface area contributed by atoms with E-state index in [1.54, 1.807) is 11.4 Å². The van der Waals surface area contributed by atoms with Crippen molar-refractivity contribution >= 4 is 39.0 Å². The number of ketones is 1. The first-order valence-electron chi connectivity index (χ1n) is 3.58. The van der Waals surface area contributed by atoms with E-state index in [9.17, 15) is 9.59 Å². The predicted molar refractivity (Wildman–Crippen MR) is 53.2 cm³/mol. The quantitative estimate of drug-likeness (QED) is 0.849. The Bertz CT molecular complexity index is 332. The van der Waals surface area contributed by atoms with Crippen molar-refractivity contribution in [2.75, 3.05) is 0 Å². The first-order valence-corrected chi connectivity index (χ1v) is 5.26. The van der Waals surface area contributed by atoms with Gasteiger partial charge in [-0.3, -0.25) is 9.59 Å². The molecule has 0 amide bonds. The van der Waals surface area contributed by atoms with Crippen molar-refractivity contribution in [1.82, 2.24) is 0 Å². The van der Waals surface area contributed by atoms with E-state index in [4.69, 9.17) is 5.11 Å². The Morgan fingerprint density at radius 1 is 1.46 bits per heavy atom. The van der Waals surface area contributed by atoms with Crippen LogP contribution < -0.4 is 0 Å². The van der Waals surface area contributed by atoms with Crippen LogP contribution >= 0.6 is 27.3 Å². The number of Topliss-reactive ketones (excluding diaryl/α,β-unsaturated/α-hetero) is 1. The number of carbonyl (C=O) groups is 2. The molecule has 0 fully saturated rings. The third-order valence-corrected chi connectivity index (χ3v) is 3.14. The van der Waals surface area contributed by atoms with E-state index in [0.717, 1.165) is 4.47 Å². The highest BCUT2D eigenvalue weighted by molar-refractivity contribution is 9.10. The Morgan fingerprint density at radius 2 is 2.15 bits per heavy atom. The molecule has 1 N–H and O–H groups in total. The molecule has 0 bridgehead atoms. The van der Waals surface area contributed by atoms with Crippen molar-refractivity contribution in [3.8, 4) is 0 Å². The minimum absolute atomic E-state index is 0.0717. The Balaban J connectivity index is 2.54. The maximum Gasteiger partial charge on any atom is 0.303 e. The zero-order chi connectivity index (χ0) is 9.84. The monoisotopic (exact) mass is 262 g/mol. The van der Waals surface area contributed by atoms with E-state index >= 15 is 0 Å². The number of rotatable bonds is 4. The normalized spacial score (nSPS) is 9.92. The molecule has 0 saturated heterocycles. The molecule has 0 aliphatic carbocycles. The van der Waals surface area contributed by atoms with Crippen LogP contribution in [0.25, 0.3) is 0 Å². The van der Waals surface area contributed by atoms with Gasteiger partial charge in [0.05, 0.1) is 11.3 Å². The Hall–Kier alpha value is -0.680. The lowest BCUT2D eigenvalue weighted by Crippen LogP contribution is -2.01. The van der Waals surface area contributed by atoms with Crippen LogP contribution in [0, 0.1) is 0 Å². The Labute approximate surface area is 87.5 Å². The molecule has 0 aliphatic rings. The van der Waals surface area contributed by atoms with Crippen LogP contribution in [0.5, 0.6) is 0 Å². The average Bonchev–Trinajstić information content (AvgIpc) is 2.47. The molecule has 70 valence electrons. The first kappa shape index (κ1) is 10.4. The molecule has 0 unspecified atom stereocenters. The summed E-state index contributed by atoms with van der Waals surface area (Å²) in [5.41, 5.74) is 0. The minimum Gasteiger partial charge on any atom is -0.481 e. The van der Waals surface area contributed by atoms with Crippen molar-refractivity contribution in [3.63, 3.8) is 0 Å². The summed E-state index contributed by atoms with van der Waals surface area (Å²) < 4.78 is 0.858. The van der Waals surface area contributed by atoms with Crippen LogP contribution in [-0.2, 0) is 4.79 Å². The molecule has 13 heavy (non-hydrogen) atoms. The molecule has 5 heteroatoms. The first-order chi connectivity index (χ1) is 6.09. The molecule has 0 spiro atoms. The van der Waals surface area contributed by atoms with Crippen LogP contribution in [-0.4, -0.2) is 16.9 Å². The number of carboxylic acids is 1. The highest BCUT2D eigenvalue weighted by atomic mass is 79.9. The van der Waals surface area contributed by atoms with Crippen LogP contribution in [0.15, 0.2) is 15.9 Å². The lowest BCUT2D eigenvalue weighted by atomic mass is 10.2. The summed E-state index contributed by atoms with van der Waals surface area (Å²) in [6.07, 6.45) is -0.0311. The molecule has 1 aromatic rings. The van der Waals surface area contributed by atoms with Gasteiger partial charge in [-0.15, -0.1) is 11.3 Å². The Morgan fingerprint density at radius 3 is 2.62 bits per heavy atom. The molecule has 0 radical (unpaired) electrons. The predicted octanol–water partition coefficient (Wildman–Crippen LogP) is 2.56. The van der Waals surface area contributed by atoms with Crippen LogP contribution in [0.1, 0.15) is 22.5 Å². The number of carbonyl (C=O) groups excluding carboxylic acids is 1. The van der Waals surface area contributed by atoms with E-state index < -0.39 is 5.97 Å². The third kappa shape index (κ3) is 3.28. The molecule has 0 aromatic carbocycles. The second-order valence-electron chi connectivity index (χ2n) is 2.45. The molecule has 1 aromatic heterocycles. The lowest BCUT2D eigenvalue weighted by Gasteiger charge is -1.92. The summed E-state index contributed by atoms with van der Waals surface area (Å²) >= 11 is 4.54. The molecule has 1 rings (SSSR count). The second-order valence-corrected chi connectivity index (χ2v) is 4.27. The van der Waals surface area contributed by atoms with Crippen LogP contribution in [0.4, 0.5) is 0 Å². The van der Waals surface area contributed by atoms with Gasteiger partial charge in [-0.25, -0.2) is 0 Å². The van der Waals surface area contributed by atoms with Crippen LogP contribution in [0.3, 0.4) is 0 Å². The molecule has 0 saturated carbocycles. The van der Waals surface area contributed by atoms with Gasteiger partial charge in [-0.1, -0.05) is 0 Å². The number of aliphatic carboxylic acids is 1. The van der Waals surface area contributed by atoms with Gasteiger partial charge in [0.25, 0.3) is 0 Å². The van der Waals surface area contributed by atoms with Crippen molar-refractivity contribution < 1.29 is 14.7 Å². The maximum atomic E-state index is 11.3. The third-order valence-electron chi connectivity index (χ3n) is 1.41. The number of hydrogen-bond donors (Lipinski definition) is 1. The van der Waals surface area contributed by atoms with Gasteiger partial charge in [0.1, 0.15) is 0 Å². The summed E-state index contributed by atoms with van der Waals surface area (Å²) in [4.78, 5) is 22.1. The highest BCUT2D eigenvalue weighted by Gasteiger charge is 2.10. The van der Waals surface area contributed by atoms with Crippen molar-refractivity contribution in [2.24, 2.45) is 0 Å². The minimum atomic E-state index is -0.941. The summed E-state index contributed by atoms with van der Waals surface area (Å²) in [5, 5.41) is 10.2. The summed E-state index contributed by atoms with van der Waals surface area (Å²) in [5.74, 6) is -1.05. The second kappa shape index (κ2) is 4.53. The average molecular weight is 263 g/mol. The number of halogens is 1. The summed E-state index contributed by atoms with van der Waals surface area (Å²) in [6, 6.07) is 1.70. The number of hydrogen-bond acceptors (Lipinski definition) is 3. The molecular weight excluding hydrogens is 256 g/mol. The maximum absolute atomic E-state index is 11.3. The van der Waals surface area contributed by atoms with E-state index in [1.165, 1.54) is 11.3 Å². The van der Waals surface area contributed by atoms with Crippen molar-refractivity contribution in [3.05, 3.63) is 20.8 Å². The van der Waals surface area contributed by atoms with Crippen molar-refractivity contribution in [2.45, 2.75) is 12.8 Å². The SMILES string of the molecule is O=C(O)CCC(=O)c1cc(Br)cs1. The molecule has 0 atom stereocenters. The fourth-order valence-electron chi connectivity index (χ4n) is 0.803. The summed E-state index contributed by atoms with van der Waals surface area (Å²) in [7, 11) is 0. The van der Waals surface area contributed by atoms with E-state index in [2.05, 4.69) is 15.9 Å². The molecule has 1 heterocycles. The smallest absolute Gasteiger partial charge is 0.303 e. The molecular formula is C8H7BrO3S. The van der Waals surface area contributed by atoms with Gasteiger partial charge in [0.2, 0.25) is 0 Å². The van der Waals surface area contributed by atoms with Gasteiger partial charge < -0.3 is 5.11 Å². The fourth-order valence-corrected chi connectivity index (χ4v) is 2.20. The van der Waals surface area contributed by atoms with E-state index in [0.29, 0.717) is 4.88 Å². The summed E-state index contributed by atoms with van der Waals surface area (Å²) in [6.45, 7) is 0. The van der Waals surface area contributed by atoms with E-state index in [-0.39, 0.29) is 18.6 Å². The lowest BCUT2D eigenvalue weighted by molar-refractivity contribution is -0.136.